The zero-order valence-corrected chi connectivity index (χ0v) is 15.5. The van der Waals surface area contributed by atoms with E-state index in [2.05, 4.69) is 5.32 Å². The number of rotatable bonds is 6. The first-order valence-electron chi connectivity index (χ1n) is 7.88. The number of sulfonamides is 1. The minimum Gasteiger partial charge on any atom is -0.388 e. The van der Waals surface area contributed by atoms with Crippen LogP contribution in [-0.2, 0) is 19.5 Å². The Morgan fingerprint density at radius 3 is 2.57 bits per heavy atom. The molecule has 158 valence electrons. The van der Waals surface area contributed by atoms with Crippen LogP contribution in [0, 0.1) is 5.82 Å². The summed E-state index contributed by atoms with van der Waals surface area (Å²) < 4.78 is 85.5. The number of carbonyl (C=O) groups is 1. The molecule has 2 unspecified atom stereocenters. The normalized spacial score (nSPS) is 20.8. The number of benzene rings is 1. The van der Waals surface area contributed by atoms with E-state index in [0.29, 0.717) is 22.9 Å². The number of aliphatic hydroxyl groups excluding tert-OH is 1. The van der Waals surface area contributed by atoms with E-state index in [0.717, 1.165) is 0 Å². The van der Waals surface area contributed by atoms with Crippen LogP contribution in [0.2, 0.25) is 0 Å². The molecule has 0 aliphatic carbocycles. The lowest BCUT2D eigenvalue weighted by Gasteiger charge is -2.21. The van der Waals surface area contributed by atoms with Crippen LogP contribution in [0.15, 0.2) is 23.1 Å². The molecule has 1 aromatic rings. The molecule has 0 bridgehead atoms. The van der Waals surface area contributed by atoms with Gasteiger partial charge in [0, 0.05) is 6.54 Å². The highest BCUT2D eigenvalue weighted by Crippen LogP contribution is 2.24. The molecule has 13 heteroatoms. The van der Waals surface area contributed by atoms with Crippen LogP contribution in [-0.4, -0.2) is 56.9 Å². The Morgan fingerprint density at radius 1 is 1.39 bits per heavy atom. The van der Waals surface area contributed by atoms with Gasteiger partial charge in [0.05, 0.1) is 23.2 Å². The van der Waals surface area contributed by atoms with Gasteiger partial charge in [-0.2, -0.15) is 13.2 Å². The van der Waals surface area contributed by atoms with Crippen LogP contribution in [0.4, 0.5) is 17.6 Å². The summed E-state index contributed by atoms with van der Waals surface area (Å²) in [5.74, 6) is -3.17. The van der Waals surface area contributed by atoms with Crippen molar-refractivity contribution in [3.05, 3.63) is 29.6 Å². The fourth-order valence-electron chi connectivity index (χ4n) is 2.45. The van der Waals surface area contributed by atoms with Gasteiger partial charge in [-0.15, -0.1) is 4.72 Å². The number of halogens is 4. The van der Waals surface area contributed by atoms with E-state index in [1.54, 1.807) is 13.8 Å². The SMILES string of the molecule is CC1(C)OCC(C(O)CNC(=O)c2cc(F)ccc2S(=O)(=O)NC(F)(F)F)O1. The Hall–Kier alpha value is -1.80. The fourth-order valence-corrected chi connectivity index (χ4v) is 3.55. The van der Waals surface area contributed by atoms with Crippen molar-refractivity contribution in [1.29, 1.82) is 0 Å². The third kappa shape index (κ3) is 5.85. The maximum Gasteiger partial charge on any atom is 0.470 e. The second-order valence-electron chi connectivity index (χ2n) is 6.39. The maximum atomic E-state index is 13.5. The van der Waals surface area contributed by atoms with Crippen LogP contribution < -0.4 is 10.0 Å². The smallest absolute Gasteiger partial charge is 0.388 e. The monoisotopic (exact) mass is 430 g/mol. The number of amides is 1. The molecular weight excluding hydrogens is 412 g/mol. The van der Waals surface area contributed by atoms with Crippen LogP contribution in [0.25, 0.3) is 0 Å². The highest BCUT2D eigenvalue weighted by atomic mass is 32.2. The molecule has 1 fully saturated rings. The van der Waals surface area contributed by atoms with Crippen LogP contribution in [0.1, 0.15) is 24.2 Å². The van der Waals surface area contributed by atoms with Gasteiger partial charge in [0.25, 0.3) is 5.91 Å². The average molecular weight is 430 g/mol. The van der Waals surface area contributed by atoms with Crippen molar-refractivity contribution < 1.29 is 45.4 Å². The minimum absolute atomic E-state index is 0.0269. The third-order valence-corrected chi connectivity index (χ3v) is 5.09. The Labute approximate surface area is 157 Å². The van der Waals surface area contributed by atoms with E-state index in [-0.39, 0.29) is 6.61 Å². The van der Waals surface area contributed by atoms with E-state index in [1.807, 2.05) is 0 Å². The average Bonchev–Trinajstić information content (AvgIpc) is 2.89. The van der Waals surface area contributed by atoms with Gasteiger partial charge in [0.2, 0.25) is 10.0 Å². The Kier molecular flexibility index (Phi) is 6.35. The van der Waals surface area contributed by atoms with Crippen LogP contribution >= 0.6 is 0 Å². The van der Waals surface area contributed by atoms with Crippen LogP contribution in [0.5, 0.6) is 0 Å². The quantitative estimate of drug-likeness (QED) is 0.456. The van der Waals surface area contributed by atoms with E-state index in [9.17, 15) is 35.9 Å². The summed E-state index contributed by atoms with van der Waals surface area (Å²) in [6.07, 6.45) is -7.34. The van der Waals surface area contributed by atoms with E-state index in [1.165, 1.54) is 0 Å². The second-order valence-corrected chi connectivity index (χ2v) is 8.04. The van der Waals surface area contributed by atoms with Gasteiger partial charge < -0.3 is 19.9 Å². The highest BCUT2D eigenvalue weighted by molar-refractivity contribution is 7.89. The summed E-state index contributed by atoms with van der Waals surface area (Å²) in [6.45, 7) is 2.80. The molecule has 1 aliphatic heterocycles. The zero-order valence-electron chi connectivity index (χ0n) is 14.7. The Bertz CT molecular complexity index is 843. The molecule has 1 amide bonds. The summed E-state index contributed by atoms with van der Waals surface area (Å²) in [5.41, 5.74) is -0.854. The van der Waals surface area contributed by atoms with Crippen LogP contribution in [0.3, 0.4) is 0 Å². The standard InChI is InChI=1S/C15H18F4N2O6S/c1-14(2)26-7-11(27-14)10(22)6-20-13(23)9-5-8(16)3-4-12(9)28(24,25)21-15(17,18)19/h3-5,10-11,21-22H,6-7H2,1-2H3,(H,20,23). The lowest BCUT2D eigenvalue weighted by Crippen LogP contribution is -2.42. The van der Waals surface area contributed by atoms with Gasteiger partial charge in [-0.05, 0) is 32.0 Å². The molecule has 1 saturated heterocycles. The van der Waals surface area contributed by atoms with Gasteiger partial charge >= 0.3 is 6.30 Å². The lowest BCUT2D eigenvalue weighted by molar-refractivity contribution is -0.150. The number of nitrogens with one attached hydrogen (secondary N) is 2. The zero-order chi connectivity index (χ0) is 21.3. The summed E-state index contributed by atoms with van der Waals surface area (Å²) in [7, 11) is -5.19. The Morgan fingerprint density at radius 2 is 2.04 bits per heavy atom. The molecule has 1 aromatic carbocycles. The van der Waals surface area contributed by atoms with Gasteiger partial charge in [0.1, 0.15) is 11.9 Å². The lowest BCUT2D eigenvalue weighted by atomic mass is 10.2. The summed E-state index contributed by atoms with van der Waals surface area (Å²) >= 11 is 0. The maximum absolute atomic E-state index is 13.5. The minimum atomic E-state index is -5.29. The third-order valence-electron chi connectivity index (χ3n) is 3.66. The molecule has 0 aromatic heterocycles. The number of hydrogen-bond acceptors (Lipinski definition) is 6. The van der Waals surface area contributed by atoms with Crippen molar-refractivity contribution in [1.82, 2.24) is 10.0 Å². The molecule has 1 aliphatic rings. The molecule has 3 N–H and O–H groups in total. The first-order chi connectivity index (χ1) is 12.7. The summed E-state index contributed by atoms with van der Waals surface area (Å²) in [4.78, 5) is 11.2. The summed E-state index contributed by atoms with van der Waals surface area (Å²) in [5, 5.41) is 12.2. The van der Waals surface area contributed by atoms with E-state index in [4.69, 9.17) is 9.47 Å². The molecule has 2 atom stereocenters. The first kappa shape index (κ1) is 22.5. The molecule has 8 nitrogen and oxygen atoms in total. The van der Waals surface area contributed by atoms with Crippen molar-refractivity contribution in [2.75, 3.05) is 13.2 Å². The molecule has 0 saturated carbocycles. The molecule has 28 heavy (non-hydrogen) atoms. The number of hydrogen-bond donors (Lipinski definition) is 3. The predicted octanol–water partition coefficient (Wildman–Crippen LogP) is 0.866. The highest BCUT2D eigenvalue weighted by Gasteiger charge is 2.38. The van der Waals surface area contributed by atoms with Gasteiger partial charge in [-0.1, -0.05) is 0 Å². The largest absolute Gasteiger partial charge is 0.470 e. The second kappa shape index (κ2) is 7.91. The fraction of sp³-hybridized carbons (Fsp3) is 0.533. The number of ether oxygens (including phenoxy) is 2. The molecule has 2 rings (SSSR count). The molecule has 0 spiro atoms. The van der Waals surface area contributed by atoms with Crippen molar-refractivity contribution in [2.24, 2.45) is 0 Å². The summed E-state index contributed by atoms with van der Waals surface area (Å²) in [6, 6.07) is 1.61. The van der Waals surface area contributed by atoms with Crippen molar-refractivity contribution in [2.45, 2.75) is 43.0 Å². The van der Waals surface area contributed by atoms with Crippen molar-refractivity contribution >= 4 is 15.9 Å². The van der Waals surface area contributed by atoms with Gasteiger partial charge in [-0.3, -0.25) is 4.79 Å². The molecule has 1 heterocycles. The van der Waals surface area contributed by atoms with Crippen molar-refractivity contribution in [3.63, 3.8) is 0 Å². The van der Waals surface area contributed by atoms with Gasteiger partial charge in [-0.25, -0.2) is 12.8 Å². The number of alkyl halides is 3. The Balaban J connectivity index is 2.16. The molecular formula is C15H18F4N2O6S. The van der Waals surface area contributed by atoms with Gasteiger partial charge in [0.15, 0.2) is 5.79 Å². The van der Waals surface area contributed by atoms with Crippen molar-refractivity contribution in [3.8, 4) is 0 Å². The van der Waals surface area contributed by atoms with E-state index < -0.39 is 63.0 Å². The number of carbonyl (C=O) groups excluding carboxylic acids is 1. The topological polar surface area (TPSA) is 114 Å². The number of aliphatic hydroxyl groups is 1. The van der Waals surface area contributed by atoms with E-state index >= 15 is 0 Å². The molecule has 0 radical (unpaired) electrons. The predicted molar refractivity (Wildman–Crippen MR) is 86.0 cm³/mol. The first-order valence-corrected chi connectivity index (χ1v) is 9.37.